The van der Waals surface area contributed by atoms with Crippen molar-refractivity contribution in [1.29, 1.82) is 0 Å². The first-order chi connectivity index (χ1) is 14.7. The molecule has 3 aliphatic heterocycles. The number of ether oxygens (including phenoxy) is 1. The molecule has 1 fully saturated rings. The Morgan fingerprint density at radius 3 is 2.77 bits per heavy atom. The Morgan fingerprint density at radius 1 is 1.32 bits per heavy atom. The fourth-order valence-electron chi connectivity index (χ4n) is 3.42. The first kappa shape index (κ1) is 22.4. The zero-order chi connectivity index (χ0) is 22.4. The summed E-state index contributed by atoms with van der Waals surface area (Å²) in [6.07, 6.45) is -7.46. The lowest BCUT2D eigenvalue weighted by Gasteiger charge is -2.35. The van der Waals surface area contributed by atoms with Crippen LogP contribution < -0.4 is 4.52 Å². The summed E-state index contributed by atoms with van der Waals surface area (Å²) in [6.45, 7) is -4.43. The van der Waals surface area contributed by atoms with Crippen molar-refractivity contribution in [2.75, 3.05) is 6.61 Å². The maximum atomic E-state index is 14.1. The fraction of sp³-hybridized carbons (Fsp3) is 0.444. The molecule has 0 aromatic heterocycles. The molecular formula is C18H18F2NO8PS. The lowest BCUT2D eigenvalue weighted by Crippen LogP contribution is -2.52. The Kier molecular flexibility index (Phi) is 5.99. The monoisotopic (exact) mass is 477 g/mol. The number of hydrogen-bond donors (Lipinski definition) is 2. The van der Waals surface area contributed by atoms with Crippen molar-refractivity contribution >= 4 is 30.2 Å². The first-order valence-corrected chi connectivity index (χ1v) is 11.7. The normalized spacial score (nSPS) is 35.4. The maximum absolute atomic E-state index is 14.1. The number of benzene rings is 1. The van der Waals surface area contributed by atoms with Crippen LogP contribution >= 0.6 is 6.72 Å². The van der Waals surface area contributed by atoms with E-state index >= 15 is 0 Å². The molecule has 0 bridgehead atoms. The van der Waals surface area contributed by atoms with Gasteiger partial charge >= 0.3 is 6.72 Å². The van der Waals surface area contributed by atoms with Gasteiger partial charge in [-0.25, -0.2) is 8.78 Å². The molecule has 31 heavy (non-hydrogen) atoms. The van der Waals surface area contributed by atoms with Crippen LogP contribution in [0.1, 0.15) is 12.0 Å². The van der Waals surface area contributed by atoms with Gasteiger partial charge in [-0.2, -0.15) is 0 Å². The summed E-state index contributed by atoms with van der Waals surface area (Å²) < 4.78 is 49.9. The molecule has 0 radical (unpaired) electrons. The predicted octanol–water partition coefficient (Wildman–Crippen LogP) is 1.23. The second-order valence-corrected chi connectivity index (χ2v) is 10.1. The Labute approximate surface area is 180 Å². The minimum atomic E-state index is -3.51. The molecular weight excluding hydrogens is 459 g/mol. The van der Waals surface area contributed by atoms with Gasteiger partial charge in [0, 0.05) is 23.6 Å². The Hall–Kier alpha value is -1.79. The minimum absolute atomic E-state index is 0.0465. The molecule has 1 aromatic carbocycles. The highest BCUT2D eigenvalue weighted by Crippen LogP contribution is 2.56. The zero-order valence-electron chi connectivity index (χ0n) is 15.8. The molecule has 2 N–H and O–H groups in total. The summed E-state index contributed by atoms with van der Waals surface area (Å²) >= 11 is 5.24. The number of carbonyl (C=O) groups is 2. The highest BCUT2D eigenvalue weighted by atomic mass is 32.5. The van der Waals surface area contributed by atoms with Crippen LogP contribution in [0.25, 0.3) is 0 Å². The summed E-state index contributed by atoms with van der Waals surface area (Å²) in [5, 5.41) is 20.8. The van der Waals surface area contributed by atoms with Gasteiger partial charge in [0.15, 0.2) is 17.6 Å². The average molecular weight is 477 g/mol. The Bertz CT molecular complexity index is 978. The van der Waals surface area contributed by atoms with Gasteiger partial charge in [0.05, 0.1) is 19.6 Å². The molecule has 1 amide bonds. The molecule has 4 rings (SSSR count). The second-order valence-electron chi connectivity index (χ2n) is 7.15. The number of nitrogens with zero attached hydrogens (tertiary/aromatic N) is 1. The molecule has 0 spiro atoms. The molecule has 3 heterocycles. The number of alkyl halides is 2. The predicted molar refractivity (Wildman–Crippen MR) is 103 cm³/mol. The van der Waals surface area contributed by atoms with E-state index in [9.17, 15) is 28.6 Å². The van der Waals surface area contributed by atoms with Crippen molar-refractivity contribution in [2.24, 2.45) is 0 Å². The second kappa shape index (κ2) is 8.28. The van der Waals surface area contributed by atoms with Crippen LogP contribution in [0.15, 0.2) is 36.5 Å². The van der Waals surface area contributed by atoms with E-state index in [1.54, 1.807) is 24.3 Å². The third kappa shape index (κ3) is 4.05. The highest BCUT2D eigenvalue weighted by molar-refractivity contribution is 8.07. The van der Waals surface area contributed by atoms with Crippen LogP contribution in [0.2, 0.25) is 0 Å². The smallest absolute Gasteiger partial charge is 0.381 e. The molecule has 1 unspecified atom stereocenters. The van der Waals surface area contributed by atoms with Crippen LogP contribution in [0.3, 0.4) is 0 Å². The molecule has 1 aromatic rings. The summed E-state index contributed by atoms with van der Waals surface area (Å²) in [6, 6.07) is 6.83. The van der Waals surface area contributed by atoms with Gasteiger partial charge in [0.1, 0.15) is 18.0 Å². The molecule has 5 atom stereocenters. The zero-order valence-corrected chi connectivity index (χ0v) is 17.5. The molecule has 168 valence electrons. The summed E-state index contributed by atoms with van der Waals surface area (Å²) in [5.41, 5.74) is -2.01. The number of para-hydroxylation sites is 1. The first-order valence-electron chi connectivity index (χ1n) is 9.16. The van der Waals surface area contributed by atoms with Crippen molar-refractivity contribution in [1.82, 2.24) is 4.90 Å². The number of allylic oxidation sites excluding steroid dienone is 1. The molecule has 0 aliphatic carbocycles. The van der Waals surface area contributed by atoms with Crippen LogP contribution in [-0.4, -0.2) is 63.9 Å². The number of aliphatic hydroxyl groups is 2. The van der Waals surface area contributed by atoms with Crippen LogP contribution in [0, 0.1) is 0 Å². The largest absolute Gasteiger partial charge is 0.424 e. The summed E-state index contributed by atoms with van der Waals surface area (Å²) in [7, 11) is 0. The van der Waals surface area contributed by atoms with Crippen molar-refractivity contribution in [2.45, 2.75) is 43.5 Å². The SMILES string of the molecule is O=C1C=CN([C@@H]2O[C@@](COP3(=S)OCc4ccccc4O3)(C(F)F)[C@@H](O)[C@@H]2O)C(=O)C1. The lowest BCUT2D eigenvalue weighted by atomic mass is 9.96. The van der Waals surface area contributed by atoms with Crippen LogP contribution in [0.4, 0.5) is 8.78 Å². The standard InChI is InChI=1S/C18H18F2NO8PS/c19-17(20)18(9-27-30(31)26-8-10-3-1-2-4-12(10)29-30)15(25)14(24)16(28-18)21-6-5-11(22)7-13(21)23/h1-6,14-17,24-25H,7-9H2/t14-,15-,16+,18+,30?/m0/s1. The van der Waals surface area contributed by atoms with Crippen LogP contribution in [-0.2, 0) is 41.8 Å². The van der Waals surface area contributed by atoms with Crippen molar-refractivity contribution in [3.8, 4) is 5.75 Å². The number of ketones is 1. The van der Waals surface area contributed by atoms with Crippen molar-refractivity contribution in [3.63, 3.8) is 0 Å². The molecule has 9 nitrogen and oxygen atoms in total. The van der Waals surface area contributed by atoms with Gasteiger partial charge in [-0.1, -0.05) is 18.2 Å². The number of rotatable bonds is 5. The van der Waals surface area contributed by atoms with Crippen LogP contribution in [0.5, 0.6) is 5.75 Å². The topological polar surface area (TPSA) is 115 Å². The number of fused-ring (bicyclic) bond motifs is 1. The van der Waals surface area contributed by atoms with E-state index in [0.29, 0.717) is 11.3 Å². The summed E-state index contributed by atoms with van der Waals surface area (Å²) in [4.78, 5) is 24.3. The maximum Gasteiger partial charge on any atom is 0.381 e. The highest BCUT2D eigenvalue weighted by Gasteiger charge is 2.62. The number of aliphatic hydroxyl groups excluding tert-OH is 2. The molecule has 3 aliphatic rings. The molecule has 0 saturated carbocycles. The summed E-state index contributed by atoms with van der Waals surface area (Å²) in [5.74, 6) is -0.859. The van der Waals surface area contributed by atoms with E-state index in [1.807, 2.05) is 0 Å². The molecule has 1 saturated heterocycles. The number of carbonyl (C=O) groups excluding carboxylic acids is 2. The third-order valence-electron chi connectivity index (χ3n) is 5.14. The quantitative estimate of drug-likeness (QED) is 0.478. The van der Waals surface area contributed by atoms with Gasteiger partial charge in [-0.05, 0) is 12.1 Å². The van der Waals surface area contributed by atoms with Gasteiger partial charge in [0.2, 0.25) is 5.91 Å². The number of amides is 1. The van der Waals surface area contributed by atoms with E-state index in [1.165, 1.54) is 0 Å². The van der Waals surface area contributed by atoms with E-state index < -0.39 is 61.9 Å². The number of hydrogen-bond acceptors (Lipinski definition) is 9. The Balaban J connectivity index is 1.54. The molecule has 13 heteroatoms. The van der Waals surface area contributed by atoms with E-state index in [2.05, 4.69) is 0 Å². The third-order valence-corrected chi connectivity index (χ3v) is 7.31. The van der Waals surface area contributed by atoms with E-state index in [-0.39, 0.29) is 6.61 Å². The lowest BCUT2D eigenvalue weighted by molar-refractivity contribution is -0.200. The minimum Gasteiger partial charge on any atom is -0.424 e. The van der Waals surface area contributed by atoms with Gasteiger partial charge < -0.3 is 19.5 Å². The van der Waals surface area contributed by atoms with Crippen molar-refractivity contribution in [3.05, 3.63) is 42.1 Å². The van der Waals surface area contributed by atoms with E-state index in [0.717, 1.165) is 17.2 Å². The number of halogens is 2. The van der Waals surface area contributed by atoms with Crippen molar-refractivity contribution < 1.29 is 46.9 Å². The van der Waals surface area contributed by atoms with Gasteiger partial charge in [-0.3, -0.25) is 23.5 Å². The van der Waals surface area contributed by atoms with Gasteiger partial charge in [0.25, 0.3) is 6.43 Å². The average Bonchev–Trinajstić information content (AvgIpc) is 2.98. The fourth-order valence-corrected chi connectivity index (χ4v) is 5.23. The van der Waals surface area contributed by atoms with Gasteiger partial charge in [-0.15, -0.1) is 0 Å². The van der Waals surface area contributed by atoms with E-state index in [4.69, 9.17) is 30.1 Å². The Morgan fingerprint density at radius 2 is 2.06 bits per heavy atom.